The third-order valence-corrected chi connectivity index (χ3v) is 8.69. The first-order valence-corrected chi connectivity index (χ1v) is 13.8. The second kappa shape index (κ2) is 10.2. The standard InChI is InChI=1S/C23H21ClN2O3S3/c24-20-9-5-4-8-18(20)15-26-21-11-10-19(14-22(21)31-23(26)27)32(28,29)25-12-13-30-16-17-6-2-1-3-7-17/h1-11,14,25H,12-13,15-16H2. The number of hydrogen-bond acceptors (Lipinski definition) is 5. The molecule has 0 aliphatic heterocycles. The molecule has 4 rings (SSSR count). The largest absolute Gasteiger partial charge is 0.308 e. The number of fused-ring (bicyclic) bond motifs is 1. The summed E-state index contributed by atoms with van der Waals surface area (Å²) in [5.74, 6) is 1.50. The summed E-state index contributed by atoms with van der Waals surface area (Å²) in [7, 11) is -3.66. The molecule has 0 aliphatic carbocycles. The summed E-state index contributed by atoms with van der Waals surface area (Å²) >= 11 is 8.94. The topological polar surface area (TPSA) is 68.2 Å². The first-order chi connectivity index (χ1) is 15.4. The van der Waals surface area contributed by atoms with Crippen LogP contribution in [0.5, 0.6) is 0 Å². The maximum absolute atomic E-state index is 12.7. The van der Waals surface area contributed by atoms with Gasteiger partial charge in [0.05, 0.1) is 21.7 Å². The van der Waals surface area contributed by atoms with Crippen molar-refractivity contribution in [1.29, 1.82) is 0 Å². The van der Waals surface area contributed by atoms with Gasteiger partial charge in [-0.1, -0.05) is 71.5 Å². The molecule has 5 nitrogen and oxygen atoms in total. The summed E-state index contributed by atoms with van der Waals surface area (Å²) in [6.45, 7) is 0.670. The number of rotatable bonds is 9. The minimum absolute atomic E-state index is 0.153. The predicted octanol–water partition coefficient (Wildman–Crippen LogP) is 4.98. The van der Waals surface area contributed by atoms with Gasteiger partial charge in [-0.25, -0.2) is 13.1 Å². The third kappa shape index (κ3) is 5.44. The van der Waals surface area contributed by atoms with Crippen LogP contribution in [0.25, 0.3) is 10.2 Å². The average Bonchev–Trinajstić information content (AvgIpc) is 3.10. The maximum atomic E-state index is 12.7. The van der Waals surface area contributed by atoms with E-state index in [9.17, 15) is 13.2 Å². The number of aromatic nitrogens is 1. The van der Waals surface area contributed by atoms with Crippen molar-refractivity contribution in [2.24, 2.45) is 0 Å². The first kappa shape index (κ1) is 23.1. The number of hydrogen-bond donors (Lipinski definition) is 1. The van der Waals surface area contributed by atoms with E-state index in [1.807, 2.05) is 36.4 Å². The van der Waals surface area contributed by atoms with Crippen LogP contribution in [0.2, 0.25) is 5.02 Å². The van der Waals surface area contributed by atoms with Crippen LogP contribution in [0.15, 0.2) is 82.5 Å². The molecule has 0 fully saturated rings. The highest BCUT2D eigenvalue weighted by atomic mass is 35.5. The number of nitrogens with zero attached hydrogens (tertiary/aromatic N) is 1. The Labute approximate surface area is 200 Å². The number of halogens is 1. The Kier molecular flexibility index (Phi) is 7.37. The summed E-state index contributed by atoms with van der Waals surface area (Å²) in [6, 6.07) is 22.2. The van der Waals surface area contributed by atoms with Gasteiger partial charge in [-0.2, -0.15) is 11.8 Å². The molecule has 1 heterocycles. The van der Waals surface area contributed by atoms with E-state index in [-0.39, 0.29) is 9.77 Å². The Morgan fingerprint density at radius 2 is 1.75 bits per heavy atom. The van der Waals surface area contributed by atoms with Crippen LogP contribution < -0.4 is 9.60 Å². The molecule has 0 saturated heterocycles. The van der Waals surface area contributed by atoms with Gasteiger partial charge in [0.25, 0.3) is 0 Å². The predicted molar refractivity (Wildman–Crippen MR) is 134 cm³/mol. The molecule has 166 valence electrons. The van der Waals surface area contributed by atoms with E-state index in [0.717, 1.165) is 22.7 Å². The van der Waals surface area contributed by atoms with E-state index in [4.69, 9.17) is 11.6 Å². The summed E-state index contributed by atoms with van der Waals surface area (Å²) in [6.07, 6.45) is 0. The fraction of sp³-hybridized carbons (Fsp3) is 0.174. The van der Waals surface area contributed by atoms with E-state index in [2.05, 4.69) is 16.9 Å². The molecular weight excluding hydrogens is 484 g/mol. The normalized spacial score (nSPS) is 11.8. The smallest absolute Gasteiger partial charge is 0.294 e. The van der Waals surface area contributed by atoms with Crippen LogP contribution in [0.3, 0.4) is 0 Å². The molecule has 9 heteroatoms. The molecule has 0 unspecified atom stereocenters. The van der Waals surface area contributed by atoms with Gasteiger partial charge in [-0.3, -0.25) is 9.36 Å². The highest BCUT2D eigenvalue weighted by Gasteiger charge is 2.17. The van der Waals surface area contributed by atoms with Gasteiger partial charge in [0.15, 0.2) is 0 Å². The number of benzene rings is 3. The fourth-order valence-corrected chi connectivity index (χ4v) is 6.46. The van der Waals surface area contributed by atoms with Crippen molar-refractivity contribution >= 4 is 54.9 Å². The van der Waals surface area contributed by atoms with Gasteiger partial charge in [-0.05, 0) is 35.4 Å². The summed E-state index contributed by atoms with van der Waals surface area (Å²) in [4.78, 5) is 12.6. The number of thioether (sulfide) groups is 1. The van der Waals surface area contributed by atoms with Gasteiger partial charge in [-0.15, -0.1) is 0 Å². The quantitative estimate of drug-likeness (QED) is 0.326. The van der Waals surface area contributed by atoms with E-state index < -0.39 is 10.0 Å². The maximum Gasteiger partial charge on any atom is 0.308 e. The Balaban J connectivity index is 1.43. The van der Waals surface area contributed by atoms with Gasteiger partial charge < -0.3 is 0 Å². The van der Waals surface area contributed by atoms with Gasteiger partial charge >= 0.3 is 4.87 Å². The Hall–Kier alpha value is -2.10. The van der Waals surface area contributed by atoms with E-state index in [1.54, 1.807) is 34.5 Å². The zero-order valence-electron chi connectivity index (χ0n) is 17.0. The molecule has 0 radical (unpaired) electrons. The van der Waals surface area contributed by atoms with Crippen LogP contribution in [0.1, 0.15) is 11.1 Å². The molecule has 0 bridgehead atoms. The molecule has 3 aromatic carbocycles. The molecule has 32 heavy (non-hydrogen) atoms. The second-order valence-corrected chi connectivity index (χ2v) is 11.4. The second-order valence-electron chi connectivity index (χ2n) is 7.11. The van der Waals surface area contributed by atoms with Crippen LogP contribution >= 0.6 is 34.7 Å². The molecule has 0 saturated carbocycles. The molecule has 0 spiro atoms. The third-order valence-electron chi connectivity index (χ3n) is 4.89. The minimum Gasteiger partial charge on any atom is -0.294 e. The highest BCUT2D eigenvalue weighted by molar-refractivity contribution is 7.98. The van der Waals surface area contributed by atoms with Crippen molar-refractivity contribution in [3.8, 4) is 0 Å². The van der Waals surface area contributed by atoms with Crippen LogP contribution in [-0.2, 0) is 22.3 Å². The van der Waals surface area contributed by atoms with Crippen molar-refractivity contribution in [3.63, 3.8) is 0 Å². The summed E-state index contributed by atoms with van der Waals surface area (Å²) in [5, 5.41) is 0.590. The Morgan fingerprint density at radius 3 is 2.53 bits per heavy atom. The van der Waals surface area contributed by atoms with Gasteiger partial charge in [0, 0.05) is 23.1 Å². The van der Waals surface area contributed by atoms with Crippen LogP contribution in [0, 0.1) is 0 Å². The molecule has 1 aromatic heterocycles. The van der Waals surface area contributed by atoms with Crippen molar-refractivity contribution in [2.45, 2.75) is 17.2 Å². The number of sulfonamides is 1. The lowest BCUT2D eigenvalue weighted by Crippen LogP contribution is -2.26. The lowest BCUT2D eigenvalue weighted by atomic mass is 10.2. The monoisotopic (exact) mass is 504 g/mol. The van der Waals surface area contributed by atoms with Crippen LogP contribution in [0.4, 0.5) is 0 Å². The molecule has 0 amide bonds. The Morgan fingerprint density at radius 1 is 1.00 bits per heavy atom. The SMILES string of the molecule is O=c1sc2cc(S(=O)(=O)NCCSCc3ccccc3)ccc2n1Cc1ccccc1Cl. The molecular formula is C23H21ClN2O3S3. The van der Waals surface area contributed by atoms with Crippen LogP contribution in [-0.4, -0.2) is 25.3 Å². The number of thiazole rings is 1. The fourth-order valence-electron chi connectivity index (χ4n) is 3.26. The molecule has 4 aromatic rings. The molecule has 0 aliphatic rings. The zero-order valence-corrected chi connectivity index (χ0v) is 20.2. The lowest BCUT2D eigenvalue weighted by molar-refractivity contribution is 0.584. The van der Waals surface area contributed by atoms with E-state index in [1.165, 1.54) is 11.6 Å². The van der Waals surface area contributed by atoms with E-state index in [0.29, 0.717) is 34.1 Å². The minimum atomic E-state index is -3.66. The van der Waals surface area contributed by atoms with Crippen molar-refractivity contribution < 1.29 is 8.42 Å². The lowest BCUT2D eigenvalue weighted by Gasteiger charge is -2.08. The average molecular weight is 505 g/mol. The van der Waals surface area contributed by atoms with Crippen molar-refractivity contribution in [2.75, 3.05) is 12.3 Å². The van der Waals surface area contributed by atoms with Crippen molar-refractivity contribution in [1.82, 2.24) is 9.29 Å². The van der Waals surface area contributed by atoms with E-state index >= 15 is 0 Å². The Bertz CT molecular complexity index is 1380. The number of nitrogens with one attached hydrogen (secondary N) is 1. The van der Waals surface area contributed by atoms with Gasteiger partial charge in [0.1, 0.15) is 0 Å². The van der Waals surface area contributed by atoms with Gasteiger partial charge in [0.2, 0.25) is 10.0 Å². The summed E-state index contributed by atoms with van der Waals surface area (Å²) < 4.78 is 30.3. The molecule has 1 N–H and O–H groups in total. The zero-order chi connectivity index (χ0) is 22.6. The first-order valence-electron chi connectivity index (χ1n) is 9.92. The molecule has 0 atom stereocenters. The van der Waals surface area contributed by atoms with Crippen molar-refractivity contribution in [3.05, 3.63) is 98.6 Å². The summed E-state index contributed by atoms with van der Waals surface area (Å²) in [5.41, 5.74) is 2.74. The highest BCUT2D eigenvalue weighted by Crippen LogP contribution is 2.24.